The molecule has 0 aromatic carbocycles. The van der Waals surface area contributed by atoms with E-state index in [1.165, 1.54) is 0 Å². The molecule has 0 aromatic heterocycles. The number of hydrogen-bond donors (Lipinski definition) is 1. The molecule has 0 spiro atoms. The largest absolute Gasteiger partial charge is 0.340 e. The zero-order chi connectivity index (χ0) is 13.9. The Morgan fingerprint density at radius 2 is 1.94 bits per heavy atom. The van der Waals surface area contributed by atoms with Gasteiger partial charge in [0.25, 0.3) is 0 Å². The standard InChI is InChI=1S/C14H26N2O2/c1-6-14(5)13(18)16(9-12(17)15-14)8-11(4)7-10(2)3/h10-11H,6-9H2,1-5H3,(H,15,17). The fraction of sp³-hybridized carbons (Fsp3) is 0.857. The van der Waals surface area contributed by atoms with Crippen LogP contribution < -0.4 is 5.32 Å². The average Bonchev–Trinajstić information content (AvgIpc) is 2.24. The van der Waals surface area contributed by atoms with Crippen LogP contribution in [0, 0.1) is 11.8 Å². The van der Waals surface area contributed by atoms with Gasteiger partial charge < -0.3 is 10.2 Å². The second-order valence-electron chi connectivity index (χ2n) is 6.15. The Bertz CT molecular complexity index is 328. The Kier molecular flexibility index (Phi) is 4.77. The predicted octanol–water partition coefficient (Wildman–Crippen LogP) is 1.80. The van der Waals surface area contributed by atoms with E-state index in [2.05, 4.69) is 26.1 Å². The van der Waals surface area contributed by atoms with Crippen LogP contribution in [-0.2, 0) is 9.59 Å². The van der Waals surface area contributed by atoms with E-state index in [0.29, 0.717) is 24.8 Å². The van der Waals surface area contributed by atoms with Crippen LogP contribution in [-0.4, -0.2) is 35.3 Å². The van der Waals surface area contributed by atoms with Gasteiger partial charge >= 0.3 is 0 Å². The van der Waals surface area contributed by atoms with Gasteiger partial charge in [-0.25, -0.2) is 0 Å². The van der Waals surface area contributed by atoms with E-state index >= 15 is 0 Å². The molecule has 1 rings (SSSR count). The number of carbonyl (C=O) groups excluding carboxylic acids is 2. The molecule has 0 radical (unpaired) electrons. The molecule has 18 heavy (non-hydrogen) atoms. The van der Waals surface area contributed by atoms with Gasteiger partial charge in [-0.1, -0.05) is 27.7 Å². The molecule has 4 nitrogen and oxygen atoms in total. The molecule has 1 aliphatic rings. The summed E-state index contributed by atoms with van der Waals surface area (Å²) >= 11 is 0. The lowest BCUT2D eigenvalue weighted by atomic mass is 9.92. The summed E-state index contributed by atoms with van der Waals surface area (Å²) in [7, 11) is 0. The molecular weight excluding hydrogens is 228 g/mol. The second kappa shape index (κ2) is 5.72. The summed E-state index contributed by atoms with van der Waals surface area (Å²) in [6.45, 7) is 11.1. The lowest BCUT2D eigenvalue weighted by Gasteiger charge is -2.40. The van der Waals surface area contributed by atoms with Gasteiger partial charge in [-0.3, -0.25) is 9.59 Å². The van der Waals surface area contributed by atoms with Crippen molar-refractivity contribution >= 4 is 11.8 Å². The van der Waals surface area contributed by atoms with Crippen LogP contribution >= 0.6 is 0 Å². The zero-order valence-corrected chi connectivity index (χ0v) is 12.2. The minimum absolute atomic E-state index is 0.0457. The second-order valence-corrected chi connectivity index (χ2v) is 6.15. The highest BCUT2D eigenvalue weighted by atomic mass is 16.2. The molecule has 1 N–H and O–H groups in total. The van der Waals surface area contributed by atoms with Crippen LogP contribution in [0.1, 0.15) is 47.5 Å². The molecule has 1 aliphatic heterocycles. The Hall–Kier alpha value is -1.06. The summed E-state index contributed by atoms with van der Waals surface area (Å²) in [5.41, 5.74) is -0.715. The minimum Gasteiger partial charge on any atom is -0.340 e. The number of hydrogen-bond acceptors (Lipinski definition) is 2. The van der Waals surface area contributed by atoms with E-state index in [9.17, 15) is 9.59 Å². The first-order valence-corrected chi connectivity index (χ1v) is 6.89. The molecule has 0 saturated carbocycles. The van der Waals surface area contributed by atoms with Crippen LogP contribution in [0.3, 0.4) is 0 Å². The molecule has 2 amide bonds. The van der Waals surface area contributed by atoms with Crippen LogP contribution in [0.5, 0.6) is 0 Å². The van der Waals surface area contributed by atoms with Crippen molar-refractivity contribution in [2.75, 3.05) is 13.1 Å². The molecule has 1 saturated heterocycles. The summed E-state index contributed by atoms with van der Waals surface area (Å²) in [5.74, 6) is 1.06. The van der Waals surface area contributed by atoms with Gasteiger partial charge in [0.05, 0.1) is 6.54 Å². The van der Waals surface area contributed by atoms with E-state index in [0.717, 1.165) is 6.42 Å². The first kappa shape index (κ1) is 15.0. The summed E-state index contributed by atoms with van der Waals surface area (Å²) < 4.78 is 0. The molecule has 2 unspecified atom stereocenters. The molecule has 1 heterocycles. The van der Waals surface area contributed by atoms with E-state index in [1.807, 2.05) is 13.8 Å². The maximum atomic E-state index is 12.4. The average molecular weight is 254 g/mol. The molecular formula is C14H26N2O2. The molecule has 0 bridgehead atoms. The monoisotopic (exact) mass is 254 g/mol. The molecule has 0 aliphatic carbocycles. The highest BCUT2D eigenvalue weighted by molar-refractivity contribution is 5.97. The van der Waals surface area contributed by atoms with Crippen molar-refractivity contribution in [1.82, 2.24) is 10.2 Å². The Morgan fingerprint density at radius 1 is 1.33 bits per heavy atom. The van der Waals surface area contributed by atoms with Gasteiger partial charge in [0.2, 0.25) is 11.8 Å². The molecule has 104 valence electrons. The van der Waals surface area contributed by atoms with Gasteiger partial charge in [-0.2, -0.15) is 0 Å². The summed E-state index contributed by atoms with van der Waals surface area (Å²) in [5, 5.41) is 2.81. The Balaban J connectivity index is 2.70. The third-order valence-electron chi connectivity index (χ3n) is 3.62. The Labute approximate surface area is 110 Å². The van der Waals surface area contributed by atoms with Crippen molar-refractivity contribution < 1.29 is 9.59 Å². The zero-order valence-electron chi connectivity index (χ0n) is 12.2. The van der Waals surface area contributed by atoms with Crippen LogP contribution in [0.25, 0.3) is 0 Å². The van der Waals surface area contributed by atoms with Gasteiger partial charge in [0.15, 0.2) is 0 Å². The molecule has 0 aromatic rings. The normalized spacial score (nSPS) is 26.4. The van der Waals surface area contributed by atoms with Gasteiger partial charge in [-0.05, 0) is 31.6 Å². The SMILES string of the molecule is CCC1(C)NC(=O)CN(CC(C)CC(C)C)C1=O. The van der Waals surface area contributed by atoms with Crippen molar-refractivity contribution in [3.8, 4) is 0 Å². The van der Waals surface area contributed by atoms with Crippen molar-refractivity contribution in [2.45, 2.75) is 53.0 Å². The number of amides is 2. The number of carbonyl (C=O) groups is 2. The number of rotatable bonds is 5. The topological polar surface area (TPSA) is 49.4 Å². The summed E-state index contributed by atoms with van der Waals surface area (Å²) in [4.78, 5) is 25.8. The van der Waals surface area contributed by atoms with Gasteiger partial charge in [0, 0.05) is 6.54 Å². The van der Waals surface area contributed by atoms with Crippen molar-refractivity contribution in [2.24, 2.45) is 11.8 Å². The summed E-state index contributed by atoms with van der Waals surface area (Å²) in [6.07, 6.45) is 1.71. The quantitative estimate of drug-likeness (QED) is 0.813. The van der Waals surface area contributed by atoms with Gasteiger partial charge in [-0.15, -0.1) is 0 Å². The molecule has 2 atom stereocenters. The van der Waals surface area contributed by atoms with E-state index in [-0.39, 0.29) is 18.4 Å². The smallest absolute Gasteiger partial charge is 0.248 e. The first-order valence-electron chi connectivity index (χ1n) is 6.89. The fourth-order valence-electron chi connectivity index (χ4n) is 2.64. The maximum absolute atomic E-state index is 12.4. The molecule has 1 fully saturated rings. The van der Waals surface area contributed by atoms with Crippen molar-refractivity contribution in [1.29, 1.82) is 0 Å². The van der Waals surface area contributed by atoms with Gasteiger partial charge in [0.1, 0.15) is 5.54 Å². The lowest BCUT2D eigenvalue weighted by molar-refractivity contribution is -0.149. The van der Waals surface area contributed by atoms with Crippen LogP contribution in [0.2, 0.25) is 0 Å². The van der Waals surface area contributed by atoms with E-state index < -0.39 is 5.54 Å². The first-order chi connectivity index (χ1) is 8.28. The summed E-state index contributed by atoms with van der Waals surface area (Å²) in [6, 6.07) is 0. The number of nitrogens with one attached hydrogen (secondary N) is 1. The number of piperazine rings is 1. The highest BCUT2D eigenvalue weighted by Crippen LogP contribution is 2.20. The Morgan fingerprint density at radius 3 is 2.44 bits per heavy atom. The predicted molar refractivity (Wildman–Crippen MR) is 72.0 cm³/mol. The van der Waals surface area contributed by atoms with Crippen molar-refractivity contribution in [3.05, 3.63) is 0 Å². The van der Waals surface area contributed by atoms with Crippen molar-refractivity contribution in [3.63, 3.8) is 0 Å². The third kappa shape index (κ3) is 3.47. The number of nitrogens with zero attached hydrogens (tertiary/aromatic N) is 1. The van der Waals surface area contributed by atoms with Crippen LogP contribution in [0.15, 0.2) is 0 Å². The highest BCUT2D eigenvalue weighted by Gasteiger charge is 2.41. The lowest BCUT2D eigenvalue weighted by Crippen LogP contribution is -2.65. The minimum atomic E-state index is -0.715. The molecule has 4 heteroatoms. The maximum Gasteiger partial charge on any atom is 0.248 e. The fourth-order valence-corrected chi connectivity index (χ4v) is 2.64. The van der Waals surface area contributed by atoms with E-state index in [4.69, 9.17) is 0 Å². The third-order valence-corrected chi connectivity index (χ3v) is 3.62. The van der Waals surface area contributed by atoms with Crippen LogP contribution in [0.4, 0.5) is 0 Å². The van der Waals surface area contributed by atoms with E-state index in [1.54, 1.807) is 4.90 Å².